The van der Waals surface area contributed by atoms with Gasteiger partial charge >= 0.3 is 0 Å². The van der Waals surface area contributed by atoms with Crippen LogP contribution in [0, 0.1) is 0 Å². The molecular formula is C16H21ClN2OS. The molecule has 0 aliphatic carbocycles. The minimum absolute atomic E-state index is 0. The number of amides is 1. The maximum Gasteiger partial charge on any atom is 0.255 e. The molecule has 0 radical (unpaired) electrons. The third-order valence-electron chi connectivity index (χ3n) is 4.13. The van der Waals surface area contributed by atoms with Crippen LogP contribution in [0.15, 0.2) is 29.6 Å². The number of rotatable bonds is 2. The van der Waals surface area contributed by atoms with Gasteiger partial charge in [0.25, 0.3) is 5.91 Å². The summed E-state index contributed by atoms with van der Waals surface area (Å²) < 4.78 is 1.17. The second-order valence-corrected chi connectivity index (χ2v) is 6.48. The van der Waals surface area contributed by atoms with Crippen molar-refractivity contribution < 1.29 is 4.79 Å². The number of nitrogens with zero attached hydrogens (tertiary/aromatic N) is 1. The first-order valence-electron chi connectivity index (χ1n) is 7.21. The van der Waals surface area contributed by atoms with E-state index in [1.807, 2.05) is 35.4 Å². The number of piperidine rings is 1. The predicted molar refractivity (Wildman–Crippen MR) is 91.4 cm³/mol. The number of fused-ring (bicyclic) bond motifs is 1. The lowest BCUT2D eigenvalue weighted by Crippen LogP contribution is -2.51. The summed E-state index contributed by atoms with van der Waals surface area (Å²) in [4.78, 5) is 14.9. The number of carbonyl (C=O) groups is 1. The standard InChI is InChI=1S/C16H20N2OS.ClH/c1-11(17)14-7-4-5-9-18(14)16(19)13-10-20-15-8-3-2-6-12(13)15;/h2-3,6,8,10-11,14H,4-5,7,9,17H2,1H3;1H. The molecule has 0 spiro atoms. The third-order valence-corrected chi connectivity index (χ3v) is 5.09. The molecule has 1 fully saturated rings. The van der Waals surface area contributed by atoms with Crippen LogP contribution < -0.4 is 5.73 Å². The molecule has 1 saturated heterocycles. The van der Waals surface area contributed by atoms with Crippen molar-refractivity contribution in [2.24, 2.45) is 5.73 Å². The summed E-state index contributed by atoms with van der Waals surface area (Å²) in [6, 6.07) is 8.31. The van der Waals surface area contributed by atoms with Crippen molar-refractivity contribution >= 4 is 39.7 Å². The maximum absolute atomic E-state index is 12.9. The van der Waals surface area contributed by atoms with Gasteiger partial charge in [-0.2, -0.15) is 0 Å². The summed E-state index contributed by atoms with van der Waals surface area (Å²) >= 11 is 1.64. The molecule has 2 atom stereocenters. The summed E-state index contributed by atoms with van der Waals surface area (Å²) in [5.74, 6) is 0.143. The van der Waals surface area contributed by atoms with Gasteiger partial charge in [-0.25, -0.2) is 0 Å². The summed E-state index contributed by atoms with van der Waals surface area (Å²) in [5.41, 5.74) is 6.90. The minimum atomic E-state index is 0. The van der Waals surface area contributed by atoms with E-state index in [-0.39, 0.29) is 30.4 Å². The second-order valence-electron chi connectivity index (χ2n) is 5.57. The summed E-state index contributed by atoms with van der Waals surface area (Å²) in [7, 11) is 0. The molecule has 1 amide bonds. The van der Waals surface area contributed by atoms with Gasteiger partial charge in [0.15, 0.2) is 0 Å². The lowest BCUT2D eigenvalue weighted by atomic mass is 9.96. The highest BCUT2D eigenvalue weighted by Crippen LogP contribution is 2.29. The summed E-state index contributed by atoms with van der Waals surface area (Å²) in [6.07, 6.45) is 3.27. The van der Waals surface area contributed by atoms with E-state index in [2.05, 4.69) is 6.07 Å². The predicted octanol–water partition coefficient (Wildman–Crippen LogP) is 3.67. The Morgan fingerprint density at radius 1 is 1.38 bits per heavy atom. The SMILES string of the molecule is CC(N)C1CCCCN1C(=O)c1csc2ccccc12.Cl. The van der Waals surface area contributed by atoms with Crippen LogP contribution in [0.5, 0.6) is 0 Å². The topological polar surface area (TPSA) is 46.3 Å². The fourth-order valence-electron chi connectivity index (χ4n) is 3.05. The van der Waals surface area contributed by atoms with Gasteiger partial charge in [-0.3, -0.25) is 4.79 Å². The molecule has 2 heterocycles. The maximum atomic E-state index is 12.9. The molecule has 21 heavy (non-hydrogen) atoms. The summed E-state index contributed by atoms with van der Waals surface area (Å²) in [5, 5.41) is 3.05. The average molecular weight is 325 g/mol. The van der Waals surface area contributed by atoms with Crippen molar-refractivity contribution in [3.63, 3.8) is 0 Å². The lowest BCUT2D eigenvalue weighted by Gasteiger charge is -2.38. The first kappa shape index (κ1) is 16.3. The van der Waals surface area contributed by atoms with E-state index >= 15 is 0 Å². The van der Waals surface area contributed by atoms with Gasteiger partial charge < -0.3 is 10.6 Å². The van der Waals surface area contributed by atoms with E-state index in [4.69, 9.17) is 5.73 Å². The fraction of sp³-hybridized carbons (Fsp3) is 0.438. The van der Waals surface area contributed by atoms with Crippen molar-refractivity contribution in [1.82, 2.24) is 4.90 Å². The van der Waals surface area contributed by atoms with Gasteiger partial charge in [0.2, 0.25) is 0 Å². The lowest BCUT2D eigenvalue weighted by molar-refractivity contribution is 0.0586. The Kier molecular flexibility index (Phi) is 5.25. The zero-order valence-electron chi connectivity index (χ0n) is 12.1. The molecule has 2 unspecified atom stereocenters. The van der Waals surface area contributed by atoms with Crippen LogP contribution in [0.25, 0.3) is 10.1 Å². The van der Waals surface area contributed by atoms with E-state index < -0.39 is 0 Å². The highest BCUT2D eigenvalue weighted by atomic mass is 35.5. The Morgan fingerprint density at radius 3 is 2.90 bits per heavy atom. The van der Waals surface area contributed by atoms with Crippen LogP contribution in [0.1, 0.15) is 36.5 Å². The number of thiophene rings is 1. The molecule has 1 aliphatic heterocycles. The first-order valence-corrected chi connectivity index (χ1v) is 8.09. The van der Waals surface area contributed by atoms with Crippen LogP contribution in [0.4, 0.5) is 0 Å². The molecule has 0 bridgehead atoms. The van der Waals surface area contributed by atoms with Crippen LogP contribution in [0.3, 0.4) is 0 Å². The van der Waals surface area contributed by atoms with Gasteiger partial charge in [-0.05, 0) is 32.3 Å². The van der Waals surface area contributed by atoms with Crippen LogP contribution in [-0.4, -0.2) is 29.4 Å². The average Bonchev–Trinajstić information content (AvgIpc) is 2.90. The molecule has 0 saturated carbocycles. The zero-order valence-corrected chi connectivity index (χ0v) is 13.8. The number of likely N-dealkylation sites (tertiary alicyclic amines) is 1. The fourth-order valence-corrected chi connectivity index (χ4v) is 3.99. The molecule has 114 valence electrons. The van der Waals surface area contributed by atoms with E-state index in [1.54, 1.807) is 11.3 Å². The molecule has 1 aromatic carbocycles. The highest BCUT2D eigenvalue weighted by Gasteiger charge is 2.30. The number of hydrogen-bond acceptors (Lipinski definition) is 3. The molecule has 3 nitrogen and oxygen atoms in total. The van der Waals surface area contributed by atoms with Crippen molar-refractivity contribution in [1.29, 1.82) is 0 Å². The molecular weight excluding hydrogens is 304 g/mol. The van der Waals surface area contributed by atoms with E-state index in [1.165, 1.54) is 11.1 Å². The molecule has 2 N–H and O–H groups in total. The normalized spacial score (nSPS) is 20.1. The Balaban J connectivity index is 0.00000161. The molecule has 1 aliphatic rings. The number of halogens is 1. The molecule has 1 aromatic heterocycles. The number of hydrogen-bond donors (Lipinski definition) is 1. The minimum Gasteiger partial charge on any atom is -0.334 e. The first-order chi connectivity index (χ1) is 9.68. The second kappa shape index (κ2) is 6.77. The van der Waals surface area contributed by atoms with Crippen molar-refractivity contribution in [2.45, 2.75) is 38.3 Å². The van der Waals surface area contributed by atoms with E-state index in [0.717, 1.165) is 30.3 Å². The van der Waals surface area contributed by atoms with Crippen molar-refractivity contribution in [2.75, 3.05) is 6.54 Å². The largest absolute Gasteiger partial charge is 0.334 e. The van der Waals surface area contributed by atoms with Gasteiger partial charge in [-0.1, -0.05) is 18.2 Å². The Hall–Kier alpha value is -1.10. The molecule has 2 aromatic rings. The third kappa shape index (κ3) is 3.07. The van der Waals surface area contributed by atoms with E-state index in [9.17, 15) is 4.79 Å². The van der Waals surface area contributed by atoms with Crippen LogP contribution in [0.2, 0.25) is 0 Å². The number of nitrogens with two attached hydrogens (primary N) is 1. The summed E-state index contributed by atoms with van der Waals surface area (Å²) in [6.45, 7) is 2.83. The van der Waals surface area contributed by atoms with Gasteiger partial charge in [0.05, 0.1) is 5.56 Å². The Labute approximate surface area is 135 Å². The number of benzene rings is 1. The molecule has 3 rings (SSSR count). The highest BCUT2D eigenvalue weighted by molar-refractivity contribution is 7.17. The monoisotopic (exact) mass is 324 g/mol. The number of carbonyl (C=O) groups excluding carboxylic acids is 1. The molecule has 5 heteroatoms. The van der Waals surface area contributed by atoms with Crippen LogP contribution in [-0.2, 0) is 0 Å². The van der Waals surface area contributed by atoms with Gasteiger partial charge in [-0.15, -0.1) is 23.7 Å². The Bertz CT molecular complexity index is 626. The zero-order chi connectivity index (χ0) is 14.1. The van der Waals surface area contributed by atoms with E-state index in [0.29, 0.717) is 0 Å². The van der Waals surface area contributed by atoms with Crippen LogP contribution >= 0.6 is 23.7 Å². The van der Waals surface area contributed by atoms with Crippen molar-refractivity contribution in [3.05, 3.63) is 35.2 Å². The van der Waals surface area contributed by atoms with Gasteiger partial charge in [0.1, 0.15) is 0 Å². The van der Waals surface area contributed by atoms with Crippen molar-refractivity contribution in [3.8, 4) is 0 Å². The van der Waals surface area contributed by atoms with Gasteiger partial charge in [0, 0.05) is 34.1 Å². The quantitative estimate of drug-likeness (QED) is 0.916. The smallest absolute Gasteiger partial charge is 0.255 e. The Morgan fingerprint density at radius 2 is 2.14 bits per heavy atom.